The van der Waals surface area contributed by atoms with Crippen molar-refractivity contribution in [3.63, 3.8) is 0 Å². The zero-order chi connectivity index (χ0) is 13.9. The van der Waals surface area contributed by atoms with Crippen LogP contribution in [0.4, 0.5) is 0 Å². The lowest BCUT2D eigenvalue weighted by Gasteiger charge is -1.98. The number of carbonyl (C=O) groups is 1. The van der Waals surface area contributed by atoms with Gasteiger partial charge in [-0.25, -0.2) is 4.99 Å². The Bertz CT molecular complexity index is 720. The molecule has 0 unspecified atom stereocenters. The third-order valence-corrected chi connectivity index (χ3v) is 3.29. The van der Waals surface area contributed by atoms with Crippen LogP contribution in [0.2, 0.25) is 5.02 Å². The number of nitrogens with one attached hydrogen (secondary N) is 1. The van der Waals surface area contributed by atoms with Gasteiger partial charge in [0.25, 0.3) is 5.91 Å². The van der Waals surface area contributed by atoms with Crippen molar-refractivity contribution in [2.75, 3.05) is 0 Å². The molecule has 0 bridgehead atoms. The van der Waals surface area contributed by atoms with E-state index in [9.17, 15) is 4.79 Å². The molecule has 3 rings (SSSR count). The second-order valence-corrected chi connectivity index (χ2v) is 4.74. The molecule has 0 radical (unpaired) electrons. The molecule has 0 spiro atoms. The molecule has 1 aliphatic rings. The van der Waals surface area contributed by atoms with Gasteiger partial charge in [-0.05, 0) is 17.7 Å². The maximum Gasteiger partial charge on any atom is 0.275 e. The Kier molecular flexibility index (Phi) is 3.35. The quantitative estimate of drug-likeness (QED) is 0.844. The molecule has 0 aromatic heterocycles. The monoisotopic (exact) mass is 282 g/mol. The zero-order valence-electron chi connectivity index (χ0n) is 10.5. The highest BCUT2D eigenvalue weighted by molar-refractivity contribution is 6.32. The molecule has 0 atom stereocenters. The van der Waals surface area contributed by atoms with Crippen molar-refractivity contribution in [2.45, 2.75) is 0 Å². The standard InChI is InChI=1S/C16H11ClN2O/c17-13-9-5-4-8-12(13)10-14-16(20)19-15(18-14)11-6-2-1-3-7-11/h1-10H,(H,18,19,20)/b14-10-. The Hall–Kier alpha value is -2.39. The first-order valence-corrected chi connectivity index (χ1v) is 6.53. The van der Waals surface area contributed by atoms with Crippen molar-refractivity contribution in [2.24, 2.45) is 4.99 Å². The van der Waals surface area contributed by atoms with E-state index < -0.39 is 0 Å². The van der Waals surface area contributed by atoms with Crippen molar-refractivity contribution in [3.05, 3.63) is 76.4 Å². The van der Waals surface area contributed by atoms with Gasteiger partial charge in [-0.2, -0.15) is 0 Å². The van der Waals surface area contributed by atoms with Gasteiger partial charge in [-0.1, -0.05) is 60.1 Å². The number of amides is 1. The second-order valence-electron chi connectivity index (χ2n) is 4.33. The van der Waals surface area contributed by atoms with Crippen LogP contribution in [-0.2, 0) is 4.79 Å². The molecule has 1 heterocycles. The summed E-state index contributed by atoms with van der Waals surface area (Å²) >= 11 is 6.08. The van der Waals surface area contributed by atoms with E-state index in [1.165, 1.54) is 0 Å². The third-order valence-electron chi connectivity index (χ3n) is 2.94. The van der Waals surface area contributed by atoms with E-state index in [4.69, 9.17) is 11.6 Å². The SMILES string of the molecule is O=C1NC(c2ccccc2)=N/C1=C\c1ccccc1Cl. The van der Waals surface area contributed by atoms with Crippen LogP contribution in [-0.4, -0.2) is 11.7 Å². The molecule has 0 aliphatic carbocycles. The average Bonchev–Trinajstić information content (AvgIpc) is 2.84. The molecule has 4 heteroatoms. The summed E-state index contributed by atoms with van der Waals surface area (Å²) in [6.45, 7) is 0. The van der Waals surface area contributed by atoms with Crippen molar-refractivity contribution >= 4 is 29.4 Å². The Balaban J connectivity index is 1.97. The number of amidine groups is 1. The lowest BCUT2D eigenvalue weighted by molar-refractivity contribution is -0.115. The first kappa shape index (κ1) is 12.6. The van der Waals surface area contributed by atoms with Gasteiger partial charge in [0.1, 0.15) is 11.5 Å². The molecule has 2 aromatic rings. The van der Waals surface area contributed by atoms with Crippen LogP contribution in [0.15, 0.2) is 65.3 Å². The molecule has 0 fully saturated rings. The van der Waals surface area contributed by atoms with Crippen LogP contribution in [0.1, 0.15) is 11.1 Å². The molecule has 3 nitrogen and oxygen atoms in total. The maximum absolute atomic E-state index is 11.9. The molecule has 0 saturated heterocycles. The Morgan fingerprint density at radius 1 is 1.00 bits per heavy atom. The third kappa shape index (κ3) is 2.49. The summed E-state index contributed by atoms with van der Waals surface area (Å²) in [7, 11) is 0. The predicted molar refractivity (Wildman–Crippen MR) is 80.6 cm³/mol. The number of benzene rings is 2. The second kappa shape index (κ2) is 5.31. The van der Waals surface area contributed by atoms with Crippen LogP contribution in [0.25, 0.3) is 6.08 Å². The van der Waals surface area contributed by atoms with E-state index in [0.717, 1.165) is 11.1 Å². The fraction of sp³-hybridized carbons (Fsp3) is 0. The Morgan fingerprint density at radius 2 is 1.70 bits per heavy atom. The smallest absolute Gasteiger partial charge is 0.275 e. The van der Waals surface area contributed by atoms with Crippen LogP contribution in [0.5, 0.6) is 0 Å². The van der Waals surface area contributed by atoms with Crippen molar-refractivity contribution in [1.82, 2.24) is 5.32 Å². The van der Waals surface area contributed by atoms with Gasteiger partial charge in [0.05, 0.1) is 0 Å². The minimum Gasteiger partial charge on any atom is -0.305 e. The molecule has 20 heavy (non-hydrogen) atoms. The van der Waals surface area contributed by atoms with Gasteiger partial charge in [0.15, 0.2) is 0 Å². The van der Waals surface area contributed by atoms with Crippen LogP contribution < -0.4 is 5.32 Å². The summed E-state index contributed by atoms with van der Waals surface area (Å²) in [5, 5.41) is 3.35. The largest absolute Gasteiger partial charge is 0.305 e. The Morgan fingerprint density at radius 3 is 2.45 bits per heavy atom. The summed E-state index contributed by atoms with van der Waals surface area (Å²) in [5.41, 5.74) is 2.01. The minimum absolute atomic E-state index is 0.219. The summed E-state index contributed by atoms with van der Waals surface area (Å²) < 4.78 is 0. The van der Waals surface area contributed by atoms with Crippen LogP contribution in [0, 0.1) is 0 Å². The fourth-order valence-corrected chi connectivity index (χ4v) is 2.13. The zero-order valence-corrected chi connectivity index (χ0v) is 11.3. The van der Waals surface area contributed by atoms with Gasteiger partial charge in [0, 0.05) is 10.6 Å². The molecule has 1 amide bonds. The van der Waals surface area contributed by atoms with E-state index in [-0.39, 0.29) is 5.91 Å². The molecular formula is C16H11ClN2O. The van der Waals surface area contributed by atoms with Crippen LogP contribution in [0.3, 0.4) is 0 Å². The number of hydrogen-bond donors (Lipinski definition) is 1. The Labute approximate surface area is 121 Å². The first-order valence-electron chi connectivity index (χ1n) is 6.16. The normalized spacial score (nSPS) is 16.1. The number of hydrogen-bond acceptors (Lipinski definition) is 2. The van der Waals surface area contributed by atoms with Crippen molar-refractivity contribution in [3.8, 4) is 0 Å². The lowest BCUT2D eigenvalue weighted by Crippen LogP contribution is -2.24. The lowest BCUT2D eigenvalue weighted by atomic mass is 10.2. The van der Waals surface area contributed by atoms with Crippen LogP contribution >= 0.6 is 11.6 Å². The first-order chi connectivity index (χ1) is 9.74. The highest BCUT2D eigenvalue weighted by atomic mass is 35.5. The molecule has 1 N–H and O–H groups in total. The number of nitrogens with zero attached hydrogens (tertiary/aromatic N) is 1. The predicted octanol–water partition coefficient (Wildman–Crippen LogP) is 3.26. The summed E-state index contributed by atoms with van der Waals surface area (Å²) in [4.78, 5) is 16.3. The molecule has 1 aliphatic heterocycles. The maximum atomic E-state index is 11.9. The molecule has 2 aromatic carbocycles. The van der Waals surface area contributed by atoms with Gasteiger partial charge in [-0.3, -0.25) is 4.79 Å². The number of halogens is 1. The van der Waals surface area contributed by atoms with E-state index in [0.29, 0.717) is 16.6 Å². The van der Waals surface area contributed by atoms with E-state index >= 15 is 0 Å². The average molecular weight is 283 g/mol. The van der Waals surface area contributed by atoms with Gasteiger partial charge >= 0.3 is 0 Å². The molecule has 0 saturated carbocycles. The van der Waals surface area contributed by atoms with Gasteiger partial charge in [0.2, 0.25) is 0 Å². The summed E-state index contributed by atoms with van der Waals surface area (Å²) in [6, 6.07) is 16.9. The van der Waals surface area contributed by atoms with E-state index in [1.54, 1.807) is 12.1 Å². The highest BCUT2D eigenvalue weighted by Crippen LogP contribution is 2.20. The molecular weight excluding hydrogens is 272 g/mol. The highest BCUT2D eigenvalue weighted by Gasteiger charge is 2.20. The fourth-order valence-electron chi connectivity index (χ4n) is 1.94. The van der Waals surface area contributed by atoms with Gasteiger partial charge < -0.3 is 5.32 Å². The minimum atomic E-state index is -0.219. The summed E-state index contributed by atoms with van der Waals surface area (Å²) in [5.74, 6) is 0.345. The van der Waals surface area contributed by atoms with Gasteiger partial charge in [-0.15, -0.1) is 0 Å². The van der Waals surface area contributed by atoms with Crippen molar-refractivity contribution in [1.29, 1.82) is 0 Å². The van der Waals surface area contributed by atoms with Crippen molar-refractivity contribution < 1.29 is 4.79 Å². The van der Waals surface area contributed by atoms with E-state index in [2.05, 4.69) is 10.3 Å². The van der Waals surface area contributed by atoms with E-state index in [1.807, 2.05) is 48.5 Å². The topological polar surface area (TPSA) is 41.5 Å². The number of rotatable bonds is 2. The number of aliphatic imine (C=N–C) groups is 1. The molecule has 98 valence electrons. The summed E-state index contributed by atoms with van der Waals surface area (Å²) in [6.07, 6.45) is 1.69. The number of carbonyl (C=O) groups excluding carboxylic acids is 1.